The molecule has 0 atom stereocenters. The molecule has 2 aliphatic rings. The summed E-state index contributed by atoms with van der Waals surface area (Å²) < 4.78 is 15.9. The first-order valence-electron chi connectivity index (χ1n) is 7.64. The van der Waals surface area contributed by atoms with Crippen molar-refractivity contribution in [3.8, 4) is 0 Å². The SMILES string of the molecule is COC(=O)c1ccc(NC(=O)N2CCC3(CC2)OCCO3)cc1. The lowest BCUT2D eigenvalue weighted by molar-refractivity contribution is -0.181. The van der Waals surface area contributed by atoms with Crippen molar-refractivity contribution in [2.75, 3.05) is 38.7 Å². The molecule has 0 radical (unpaired) electrons. The first kappa shape index (κ1) is 15.8. The fourth-order valence-electron chi connectivity index (χ4n) is 2.85. The molecule has 1 aromatic rings. The van der Waals surface area contributed by atoms with Gasteiger partial charge in [0.05, 0.1) is 25.9 Å². The third kappa shape index (κ3) is 3.46. The maximum Gasteiger partial charge on any atom is 0.337 e. The number of benzene rings is 1. The second-order valence-corrected chi connectivity index (χ2v) is 5.59. The highest BCUT2D eigenvalue weighted by molar-refractivity contribution is 5.92. The molecule has 0 aromatic heterocycles. The molecule has 2 fully saturated rings. The molecule has 2 saturated heterocycles. The minimum Gasteiger partial charge on any atom is -0.465 e. The Kier molecular flexibility index (Phi) is 4.49. The van der Waals surface area contributed by atoms with Crippen LogP contribution >= 0.6 is 0 Å². The number of carbonyl (C=O) groups is 2. The molecule has 1 spiro atoms. The summed E-state index contributed by atoms with van der Waals surface area (Å²) in [6.07, 6.45) is 1.36. The van der Waals surface area contributed by atoms with Crippen LogP contribution in [-0.2, 0) is 14.2 Å². The quantitative estimate of drug-likeness (QED) is 0.842. The molecule has 0 aliphatic carbocycles. The maximum atomic E-state index is 12.3. The maximum absolute atomic E-state index is 12.3. The molecular weight excluding hydrogens is 300 g/mol. The fraction of sp³-hybridized carbons (Fsp3) is 0.500. The molecule has 124 valence electrons. The van der Waals surface area contributed by atoms with E-state index < -0.39 is 11.8 Å². The van der Waals surface area contributed by atoms with Crippen LogP contribution in [0.15, 0.2) is 24.3 Å². The van der Waals surface area contributed by atoms with Crippen LogP contribution in [0.4, 0.5) is 10.5 Å². The van der Waals surface area contributed by atoms with E-state index in [1.165, 1.54) is 7.11 Å². The molecule has 1 aromatic carbocycles. The number of esters is 1. The Morgan fingerprint density at radius 3 is 2.30 bits per heavy atom. The van der Waals surface area contributed by atoms with Crippen LogP contribution in [0.5, 0.6) is 0 Å². The Balaban J connectivity index is 1.54. The molecule has 7 nitrogen and oxygen atoms in total. The highest BCUT2D eigenvalue weighted by Crippen LogP contribution is 2.31. The Morgan fingerprint density at radius 2 is 1.74 bits per heavy atom. The van der Waals surface area contributed by atoms with Gasteiger partial charge in [0, 0.05) is 31.6 Å². The molecule has 0 saturated carbocycles. The Morgan fingerprint density at radius 1 is 1.13 bits per heavy atom. The van der Waals surface area contributed by atoms with Crippen molar-refractivity contribution in [3.05, 3.63) is 29.8 Å². The third-order valence-electron chi connectivity index (χ3n) is 4.18. The summed E-state index contributed by atoms with van der Waals surface area (Å²) in [7, 11) is 1.33. The van der Waals surface area contributed by atoms with Crippen LogP contribution in [-0.4, -0.2) is 56.1 Å². The summed E-state index contributed by atoms with van der Waals surface area (Å²) >= 11 is 0. The Hall–Kier alpha value is -2.12. The van der Waals surface area contributed by atoms with Crippen LogP contribution in [0.2, 0.25) is 0 Å². The van der Waals surface area contributed by atoms with E-state index in [0.717, 1.165) is 0 Å². The molecule has 2 amide bonds. The zero-order valence-corrected chi connectivity index (χ0v) is 13.0. The average Bonchev–Trinajstić information content (AvgIpc) is 3.03. The van der Waals surface area contributed by atoms with E-state index in [9.17, 15) is 9.59 Å². The van der Waals surface area contributed by atoms with Crippen molar-refractivity contribution in [2.24, 2.45) is 0 Å². The predicted molar refractivity (Wildman–Crippen MR) is 82.2 cm³/mol. The van der Waals surface area contributed by atoms with Gasteiger partial charge in [-0.25, -0.2) is 9.59 Å². The number of ether oxygens (including phenoxy) is 3. The van der Waals surface area contributed by atoms with Gasteiger partial charge in [-0.3, -0.25) is 0 Å². The number of anilines is 1. The number of nitrogens with zero attached hydrogens (tertiary/aromatic N) is 1. The number of amides is 2. The van der Waals surface area contributed by atoms with E-state index >= 15 is 0 Å². The van der Waals surface area contributed by atoms with E-state index in [-0.39, 0.29) is 6.03 Å². The molecule has 1 N–H and O–H groups in total. The lowest BCUT2D eigenvalue weighted by Crippen LogP contribution is -2.48. The normalized spacial score (nSPS) is 19.6. The predicted octanol–water partition coefficient (Wildman–Crippen LogP) is 1.84. The largest absolute Gasteiger partial charge is 0.465 e. The lowest BCUT2D eigenvalue weighted by Gasteiger charge is -2.37. The molecule has 2 heterocycles. The van der Waals surface area contributed by atoms with E-state index in [1.54, 1.807) is 29.2 Å². The first-order valence-corrected chi connectivity index (χ1v) is 7.64. The average molecular weight is 320 g/mol. The van der Waals surface area contributed by atoms with Crippen molar-refractivity contribution in [1.29, 1.82) is 0 Å². The molecular formula is C16H20N2O5. The highest BCUT2D eigenvalue weighted by Gasteiger charge is 2.40. The van der Waals surface area contributed by atoms with Gasteiger partial charge >= 0.3 is 12.0 Å². The summed E-state index contributed by atoms with van der Waals surface area (Å²) in [5.74, 6) is -0.889. The number of carbonyl (C=O) groups excluding carboxylic acids is 2. The van der Waals surface area contributed by atoms with Gasteiger partial charge in [0.2, 0.25) is 0 Å². The lowest BCUT2D eigenvalue weighted by atomic mass is 10.0. The third-order valence-corrected chi connectivity index (χ3v) is 4.18. The van der Waals surface area contributed by atoms with Crippen LogP contribution < -0.4 is 5.32 Å². The van der Waals surface area contributed by atoms with Gasteiger partial charge < -0.3 is 24.4 Å². The van der Waals surface area contributed by atoms with Crippen molar-refractivity contribution < 1.29 is 23.8 Å². The number of methoxy groups -OCH3 is 1. The summed E-state index contributed by atoms with van der Waals surface area (Å²) in [5.41, 5.74) is 1.08. The van der Waals surface area contributed by atoms with Crippen LogP contribution in [0.3, 0.4) is 0 Å². The monoisotopic (exact) mass is 320 g/mol. The molecule has 2 aliphatic heterocycles. The van der Waals surface area contributed by atoms with Gasteiger partial charge in [-0.15, -0.1) is 0 Å². The standard InChI is InChI=1S/C16H20N2O5/c1-21-14(19)12-2-4-13(5-3-12)17-15(20)18-8-6-16(7-9-18)22-10-11-23-16/h2-5H,6-11H2,1H3,(H,17,20). The summed E-state index contributed by atoms with van der Waals surface area (Å²) in [6.45, 7) is 2.43. The smallest absolute Gasteiger partial charge is 0.337 e. The molecule has 0 bridgehead atoms. The first-order chi connectivity index (χ1) is 11.1. The van der Waals surface area contributed by atoms with Crippen LogP contribution in [0, 0.1) is 0 Å². The number of hydrogen-bond acceptors (Lipinski definition) is 5. The van der Waals surface area contributed by atoms with Crippen molar-refractivity contribution in [1.82, 2.24) is 4.90 Å². The van der Waals surface area contributed by atoms with Gasteiger partial charge in [0.1, 0.15) is 0 Å². The summed E-state index contributed by atoms with van der Waals surface area (Å²) in [6, 6.07) is 6.43. The van der Waals surface area contributed by atoms with E-state index in [1.807, 2.05) is 0 Å². The van der Waals surface area contributed by atoms with Crippen LogP contribution in [0.25, 0.3) is 0 Å². The Bertz CT molecular complexity index is 571. The van der Waals surface area contributed by atoms with Crippen molar-refractivity contribution in [3.63, 3.8) is 0 Å². The zero-order valence-electron chi connectivity index (χ0n) is 13.0. The second-order valence-electron chi connectivity index (χ2n) is 5.59. The van der Waals surface area contributed by atoms with Gasteiger partial charge in [-0.2, -0.15) is 0 Å². The Labute approximate surface area is 134 Å². The van der Waals surface area contributed by atoms with Gasteiger partial charge in [-0.05, 0) is 24.3 Å². The van der Waals surface area contributed by atoms with Gasteiger partial charge in [-0.1, -0.05) is 0 Å². The number of piperidine rings is 1. The molecule has 3 rings (SSSR count). The molecule has 23 heavy (non-hydrogen) atoms. The van der Waals surface area contributed by atoms with Crippen LogP contribution in [0.1, 0.15) is 23.2 Å². The summed E-state index contributed by atoms with van der Waals surface area (Å²) in [4.78, 5) is 25.4. The number of rotatable bonds is 2. The van der Waals surface area contributed by atoms with Crippen molar-refractivity contribution in [2.45, 2.75) is 18.6 Å². The number of hydrogen-bond donors (Lipinski definition) is 1. The second kappa shape index (κ2) is 6.55. The highest BCUT2D eigenvalue weighted by atomic mass is 16.7. The number of nitrogens with one attached hydrogen (secondary N) is 1. The van der Waals surface area contributed by atoms with Gasteiger partial charge in [0.25, 0.3) is 0 Å². The van der Waals surface area contributed by atoms with Crippen molar-refractivity contribution >= 4 is 17.7 Å². The molecule has 0 unspecified atom stereocenters. The zero-order chi connectivity index (χ0) is 16.3. The molecule has 7 heteroatoms. The van der Waals surface area contributed by atoms with Gasteiger partial charge in [0.15, 0.2) is 5.79 Å². The van der Waals surface area contributed by atoms with E-state index in [4.69, 9.17) is 9.47 Å². The minimum absolute atomic E-state index is 0.163. The topological polar surface area (TPSA) is 77.1 Å². The van der Waals surface area contributed by atoms with E-state index in [2.05, 4.69) is 10.1 Å². The fourth-order valence-corrected chi connectivity index (χ4v) is 2.85. The number of likely N-dealkylation sites (tertiary alicyclic amines) is 1. The van der Waals surface area contributed by atoms with E-state index in [0.29, 0.717) is 50.4 Å². The number of urea groups is 1. The summed E-state index contributed by atoms with van der Waals surface area (Å²) in [5, 5.41) is 2.83. The minimum atomic E-state index is -0.487.